The Hall–Kier alpha value is -4.06. The van der Waals surface area contributed by atoms with Crippen LogP contribution in [0.2, 0.25) is 0 Å². The molecule has 8 nitrogen and oxygen atoms in total. The van der Waals surface area contributed by atoms with Crippen LogP contribution in [0.4, 0.5) is 18.9 Å². The van der Waals surface area contributed by atoms with Gasteiger partial charge >= 0.3 is 6.18 Å². The van der Waals surface area contributed by atoms with Crippen LogP contribution in [-0.4, -0.2) is 51.4 Å². The number of ether oxygens (including phenoxy) is 1. The zero-order valence-electron chi connectivity index (χ0n) is 24.3. The molecule has 43 heavy (non-hydrogen) atoms. The summed E-state index contributed by atoms with van der Waals surface area (Å²) in [5.74, 6) is -0.663. The van der Waals surface area contributed by atoms with Crippen molar-refractivity contribution in [3.63, 3.8) is 0 Å². The second-order valence-electron chi connectivity index (χ2n) is 9.81. The molecule has 232 valence electrons. The summed E-state index contributed by atoms with van der Waals surface area (Å²) >= 11 is 0. The summed E-state index contributed by atoms with van der Waals surface area (Å²) in [7, 11) is -3.02. The SMILES string of the molecule is CCCCNC(=O)C(CC)N(Cc1cccc(OC)c1)C(=O)CN(c1cccc(C(F)(F)F)c1)S(=O)(=O)c1ccccc1. The molecule has 1 atom stereocenters. The van der Waals surface area contributed by atoms with Gasteiger partial charge in [0, 0.05) is 13.1 Å². The molecule has 1 N–H and O–H groups in total. The van der Waals surface area contributed by atoms with Crippen molar-refractivity contribution < 1.29 is 35.9 Å². The standard InChI is InChI=1S/C31H36F3N3O5S/c1-4-6-18-35-30(39)28(5-2)36(21-23-12-10-15-26(19-23)42-3)29(38)22-37(43(40,41)27-16-8-7-9-17-27)25-14-11-13-24(20-25)31(32,33)34/h7-17,19-20,28H,4-6,18,21-22H2,1-3H3,(H,35,39). The predicted molar refractivity (Wildman–Crippen MR) is 158 cm³/mol. The van der Waals surface area contributed by atoms with E-state index < -0.39 is 46.2 Å². The third-order valence-electron chi connectivity index (χ3n) is 6.77. The Morgan fingerprint density at radius 1 is 0.953 bits per heavy atom. The van der Waals surface area contributed by atoms with Crippen molar-refractivity contribution in [3.05, 3.63) is 90.0 Å². The molecular formula is C31H36F3N3O5S. The van der Waals surface area contributed by atoms with E-state index in [-0.39, 0.29) is 23.5 Å². The highest BCUT2D eigenvalue weighted by Gasteiger charge is 2.36. The van der Waals surface area contributed by atoms with Gasteiger partial charge in [-0.05, 0) is 60.9 Å². The minimum absolute atomic E-state index is 0.0719. The lowest BCUT2D eigenvalue weighted by molar-refractivity contribution is -0.140. The van der Waals surface area contributed by atoms with E-state index in [0.717, 1.165) is 25.0 Å². The van der Waals surface area contributed by atoms with E-state index in [9.17, 15) is 31.2 Å². The molecule has 0 spiro atoms. The maximum absolute atomic E-state index is 14.1. The topological polar surface area (TPSA) is 96.0 Å². The number of hydrogen-bond acceptors (Lipinski definition) is 5. The van der Waals surface area contributed by atoms with Crippen molar-refractivity contribution in [2.45, 2.75) is 56.8 Å². The first-order valence-electron chi connectivity index (χ1n) is 13.9. The van der Waals surface area contributed by atoms with Crippen LogP contribution in [0.1, 0.15) is 44.2 Å². The van der Waals surface area contributed by atoms with Crippen molar-refractivity contribution >= 4 is 27.5 Å². The van der Waals surface area contributed by atoms with E-state index in [2.05, 4.69) is 5.32 Å². The van der Waals surface area contributed by atoms with Crippen molar-refractivity contribution in [2.75, 3.05) is 24.5 Å². The van der Waals surface area contributed by atoms with E-state index in [4.69, 9.17) is 4.74 Å². The minimum Gasteiger partial charge on any atom is -0.497 e. The second-order valence-corrected chi connectivity index (χ2v) is 11.7. The fraction of sp³-hybridized carbons (Fsp3) is 0.355. The molecule has 3 aromatic carbocycles. The Morgan fingerprint density at radius 2 is 1.65 bits per heavy atom. The highest BCUT2D eigenvalue weighted by molar-refractivity contribution is 7.92. The number of carbonyl (C=O) groups excluding carboxylic acids is 2. The van der Waals surface area contributed by atoms with Gasteiger partial charge in [-0.3, -0.25) is 13.9 Å². The number of rotatable bonds is 14. The number of amides is 2. The van der Waals surface area contributed by atoms with Gasteiger partial charge in [-0.2, -0.15) is 13.2 Å². The zero-order valence-corrected chi connectivity index (χ0v) is 25.1. The minimum atomic E-state index is -4.75. The second kappa shape index (κ2) is 14.9. The molecule has 12 heteroatoms. The van der Waals surface area contributed by atoms with Crippen LogP contribution < -0.4 is 14.4 Å². The first-order valence-corrected chi connectivity index (χ1v) is 15.3. The van der Waals surface area contributed by atoms with Gasteiger partial charge in [-0.25, -0.2) is 8.42 Å². The first kappa shape index (κ1) is 33.4. The number of carbonyl (C=O) groups is 2. The van der Waals surface area contributed by atoms with Crippen LogP contribution in [-0.2, 0) is 32.3 Å². The van der Waals surface area contributed by atoms with Gasteiger partial charge in [-0.1, -0.05) is 56.7 Å². The monoisotopic (exact) mass is 619 g/mol. The number of anilines is 1. The number of nitrogens with one attached hydrogen (secondary N) is 1. The number of benzene rings is 3. The number of sulfonamides is 1. The molecule has 0 saturated carbocycles. The third kappa shape index (κ3) is 8.73. The molecule has 0 heterocycles. The Bertz CT molecular complexity index is 1480. The van der Waals surface area contributed by atoms with Gasteiger partial charge in [0.1, 0.15) is 18.3 Å². The molecule has 3 rings (SSSR count). The van der Waals surface area contributed by atoms with Gasteiger partial charge < -0.3 is 15.0 Å². The Morgan fingerprint density at radius 3 is 2.28 bits per heavy atom. The van der Waals surface area contributed by atoms with Crippen molar-refractivity contribution in [3.8, 4) is 5.75 Å². The van der Waals surface area contributed by atoms with Crippen LogP contribution in [0.3, 0.4) is 0 Å². The summed E-state index contributed by atoms with van der Waals surface area (Å²) in [5, 5.41) is 2.83. The molecule has 1 unspecified atom stereocenters. The van der Waals surface area contributed by atoms with Crippen molar-refractivity contribution in [1.29, 1.82) is 0 Å². The first-order chi connectivity index (χ1) is 20.4. The van der Waals surface area contributed by atoms with Crippen LogP contribution in [0.15, 0.2) is 83.8 Å². The van der Waals surface area contributed by atoms with Crippen molar-refractivity contribution in [1.82, 2.24) is 10.2 Å². The lowest BCUT2D eigenvalue weighted by Gasteiger charge is -2.33. The number of unbranched alkanes of at least 4 members (excludes halogenated alkanes) is 1. The maximum Gasteiger partial charge on any atom is 0.416 e. The molecule has 0 aliphatic heterocycles. The molecule has 0 aromatic heterocycles. The largest absolute Gasteiger partial charge is 0.497 e. The summed E-state index contributed by atoms with van der Waals surface area (Å²) < 4.78 is 74.4. The molecule has 0 bridgehead atoms. The fourth-order valence-electron chi connectivity index (χ4n) is 4.48. The molecule has 2 amide bonds. The molecule has 3 aromatic rings. The average Bonchev–Trinajstić information content (AvgIpc) is 2.99. The smallest absolute Gasteiger partial charge is 0.416 e. The Kier molecular flexibility index (Phi) is 11.6. The summed E-state index contributed by atoms with van der Waals surface area (Å²) in [6.07, 6.45) is -2.97. The van der Waals surface area contributed by atoms with E-state index in [1.165, 1.54) is 42.3 Å². The molecular weight excluding hydrogens is 583 g/mol. The lowest BCUT2D eigenvalue weighted by atomic mass is 10.1. The molecule has 0 aliphatic rings. The fourth-order valence-corrected chi connectivity index (χ4v) is 5.91. The Labute approximate surface area is 250 Å². The molecule has 0 radical (unpaired) electrons. The van der Waals surface area contributed by atoms with E-state index >= 15 is 0 Å². The number of nitrogens with zero attached hydrogens (tertiary/aromatic N) is 2. The summed E-state index contributed by atoms with van der Waals surface area (Å²) in [4.78, 5) is 28.4. The summed E-state index contributed by atoms with van der Waals surface area (Å²) in [6.45, 7) is 3.17. The van der Waals surface area contributed by atoms with E-state index in [1.54, 1.807) is 37.3 Å². The van der Waals surface area contributed by atoms with Gasteiger partial charge in [0.2, 0.25) is 11.8 Å². The number of alkyl halides is 3. The van der Waals surface area contributed by atoms with Crippen LogP contribution >= 0.6 is 0 Å². The average molecular weight is 620 g/mol. The quantitative estimate of drug-likeness (QED) is 0.236. The highest BCUT2D eigenvalue weighted by Crippen LogP contribution is 2.33. The van der Waals surface area contributed by atoms with Gasteiger partial charge in [-0.15, -0.1) is 0 Å². The van der Waals surface area contributed by atoms with Gasteiger partial charge in [0.05, 0.1) is 23.3 Å². The van der Waals surface area contributed by atoms with Crippen LogP contribution in [0.5, 0.6) is 5.75 Å². The Balaban J connectivity index is 2.09. The number of methoxy groups -OCH3 is 1. The zero-order chi connectivity index (χ0) is 31.6. The van der Waals surface area contributed by atoms with Crippen molar-refractivity contribution in [2.24, 2.45) is 0 Å². The summed E-state index contributed by atoms with van der Waals surface area (Å²) in [5.41, 5.74) is -0.793. The normalized spacial score (nSPS) is 12.3. The van der Waals surface area contributed by atoms with E-state index in [1.807, 2.05) is 6.92 Å². The highest BCUT2D eigenvalue weighted by atomic mass is 32.2. The predicted octanol–water partition coefficient (Wildman–Crippen LogP) is 5.63. The third-order valence-corrected chi connectivity index (χ3v) is 8.56. The maximum atomic E-state index is 14.1. The lowest BCUT2D eigenvalue weighted by Crippen LogP contribution is -2.52. The molecule has 0 fully saturated rings. The summed E-state index contributed by atoms with van der Waals surface area (Å²) in [6, 6.07) is 16.8. The molecule has 0 saturated heterocycles. The van der Waals surface area contributed by atoms with E-state index in [0.29, 0.717) is 28.2 Å². The van der Waals surface area contributed by atoms with Crippen LogP contribution in [0, 0.1) is 0 Å². The van der Waals surface area contributed by atoms with Crippen LogP contribution in [0.25, 0.3) is 0 Å². The van der Waals surface area contributed by atoms with Gasteiger partial charge in [0.25, 0.3) is 10.0 Å². The molecule has 0 aliphatic carbocycles. The number of halogens is 3. The number of hydrogen-bond donors (Lipinski definition) is 1. The van der Waals surface area contributed by atoms with Gasteiger partial charge in [0.15, 0.2) is 0 Å².